The summed E-state index contributed by atoms with van der Waals surface area (Å²) < 4.78 is 0. The molecule has 0 saturated carbocycles. The maximum Gasteiger partial charge on any atom is 0.315 e. The molecule has 0 radical (unpaired) electrons. The summed E-state index contributed by atoms with van der Waals surface area (Å²) in [4.78, 5) is 28.8. The highest BCUT2D eigenvalue weighted by Gasteiger charge is 2.17. The van der Waals surface area contributed by atoms with Gasteiger partial charge in [0, 0.05) is 44.3 Å². The van der Waals surface area contributed by atoms with Gasteiger partial charge in [0.25, 0.3) is 5.91 Å². The van der Waals surface area contributed by atoms with Crippen LogP contribution in [0.3, 0.4) is 0 Å². The lowest BCUT2D eigenvalue weighted by atomic mass is 10.0. The fraction of sp³-hybridized carbons (Fsp3) is 0.636. The number of nitrogens with zero attached hydrogens (tertiary/aromatic N) is 2. The molecule has 29 heavy (non-hydrogen) atoms. The first kappa shape index (κ1) is 23.2. The Morgan fingerprint density at radius 1 is 1.14 bits per heavy atom. The Labute approximate surface area is 175 Å². The van der Waals surface area contributed by atoms with Crippen LogP contribution in [0.1, 0.15) is 48.5 Å². The van der Waals surface area contributed by atoms with E-state index in [0.717, 1.165) is 25.1 Å². The normalized spacial score (nSPS) is 17.2. The van der Waals surface area contributed by atoms with Crippen molar-refractivity contribution in [1.29, 1.82) is 0 Å². The molecule has 162 valence electrons. The molecule has 1 atom stereocenters. The number of carbonyl (C=O) groups is 2. The number of likely N-dealkylation sites (N-methyl/N-ethyl adjacent to an activating group) is 1. The van der Waals surface area contributed by atoms with E-state index in [9.17, 15) is 9.59 Å². The van der Waals surface area contributed by atoms with Crippen LogP contribution in [0.25, 0.3) is 0 Å². The molecule has 1 saturated heterocycles. The number of benzene rings is 1. The Kier molecular flexibility index (Phi) is 9.94. The van der Waals surface area contributed by atoms with Crippen molar-refractivity contribution in [3.8, 4) is 0 Å². The summed E-state index contributed by atoms with van der Waals surface area (Å²) in [6.45, 7) is 6.96. The van der Waals surface area contributed by atoms with Crippen LogP contribution in [0.4, 0.5) is 4.79 Å². The van der Waals surface area contributed by atoms with Crippen molar-refractivity contribution in [2.75, 3.05) is 46.8 Å². The fourth-order valence-electron chi connectivity index (χ4n) is 3.54. The Hall–Kier alpha value is -2.12. The molecule has 0 spiro atoms. The molecule has 0 aliphatic carbocycles. The van der Waals surface area contributed by atoms with Gasteiger partial charge in [0.1, 0.15) is 0 Å². The molecule has 1 aliphatic rings. The quantitative estimate of drug-likeness (QED) is 0.523. The zero-order valence-electron chi connectivity index (χ0n) is 18.2. The molecule has 0 aromatic heterocycles. The van der Waals surface area contributed by atoms with Crippen molar-refractivity contribution in [2.24, 2.45) is 0 Å². The minimum atomic E-state index is -0.169. The largest absolute Gasteiger partial charge is 0.351 e. The van der Waals surface area contributed by atoms with E-state index in [1.165, 1.54) is 25.8 Å². The Morgan fingerprint density at radius 2 is 1.97 bits per heavy atom. The van der Waals surface area contributed by atoms with Crippen LogP contribution >= 0.6 is 0 Å². The predicted molar refractivity (Wildman–Crippen MR) is 117 cm³/mol. The topological polar surface area (TPSA) is 76.7 Å². The second kappa shape index (κ2) is 12.4. The molecule has 2 rings (SSSR count). The average Bonchev–Trinajstić information content (AvgIpc) is 2.70. The highest BCUT2D eigenvalue weighted by Crippen LogP contribution is 2.16. The summed E-state index contributed by atoms with van der Waals surface area (Å²) in [5, 5.41) is 8.69. The first-order chi connectivity index (χ1) is 14.0. The van der Waals surface area contributed by atoms with E-state index in [-0.39, 0.29) is 11.9 Å². The standard InChI is InChI=1S/C22H37N5O2/c1-18-8-4-5-13-27(18)14-7-11-24-22(29)25-17-19-9-6-10-20(16-19)21(28)23-12-15-26(2)3/h6,9-10,16,18H,4-5,7-8,11-15,17H2,1-3H3,(H,23,28)(H2,24,25,29). The van der Waals surface area contributed by atoms with Crippen LogP contribution in [0.5, 0.6) is 0 Å². The van der Waals surface area contributed by atoms with Crippen molar-refractivity contribution in [2.45, 2.75) is 45.2 Å². The number of hydrogen-bond donors (Lipinski definition) is 3. The molecule has 1 fully saturated rings. The molecule has 1 unspecified atom stereocenters. The molecule has 1 aliphatic heterocycles. The minimum Gasteiger partial charge on any atom is -0.351 e. The first-order valence-electron chi connectivity index (χ1n) is 10.7. The lowest BCUT2D eigenvalue weighted by molar-refractivity contribution is 0.0951. The average molecular weight is 404 g/mol. The summed E-state index contributed by atoms with van der Waals surface area (Å²) in [6.07, 6.45) is 4.85. The maximum atomic E-state index is 12.2. The number of nitrogens with one attached hydrogen (secondary N) is 3. The van der Waals surface area contributed by atoms with Crippen molar-refractivity contribution in [3.63, 3.8) is 0 Å². The number of urea groups is 1. The number of likely N-dealkylation sites (tertiary alicyclic amines) is 1. The summed E-state index contributed by atoms with van der Waals surface area (Å²) in [5.41, 5.74) is 1.52. The second-order valence-electron chi connectivity index (χ2n) is 8.10. The van der Waals surface area contributed by atoms with Gasteiger partial charge in [0.05, 0.1) is 0 Å². The highest BCUT2D eigenvalue weighted by molar-refractivity contribution is 5.94. The van der Waals surface area contributed by atoms with Crippen LogP contribution in [0, 0.1) is 0 Å². The van der Waals surface area contributed by atoms with Gasteiger partial charge in [-0.05, 0) is 64.5 Å². The number of rotatable bonds is 10. The van der Waals surface area contributed by atoms with Crippen LogP contribution < -0.4 is 16.0 Å². The van der Waals surface area contributed by atoms with E-state index in [0.29, 0.717) is 31.2 Å². The van der Waals surface area contributed by atoms with Gasteiger partial charge in [-0.15, -0.1) is 0 Å². The molecule has 3 N–H and O–H groups in total. The first-order valence-corrected chi connectivity index (χ1v) is 10.7. The molecular formula is C22H37N5O2. The molecule has 1 aromatic rings. The molecule has 1 heterocycles. The highest BCUT2D eigenvalue weighted by atomic mass is 16.2. The number of piperidine rings is 1. The van der Waals surface area contributed by atoms with Crippen LogP contribution in [-0.4, -0.2) is 74.6 Å². The van der Waals surface area contributed by atoms with Crippen LogP contribution in [0.15, 0.2) is 24.3 Å². The zero-order chi connectivity index (χ0) is 21.1. The van der Waals surface area contributed by atoms with Crippen molar-refractivity contribution in [3.05, 3.63) is 35.4 Å². The summed E-state index contributed by atoms with van der Waals surface area (Å²) >= 11 is 0. The van der Waals surface area contributed by atoms with Gasteiger partial charge in [-0.2, -0.15) is 0 Å². The van der Waals surface area contributed by atoms with E-state index < -0.39 is 0 Å². The summed E-state index contributed by atoms with van der Waals surface area (Å²) in [7, 11) is 3.94. The monoisotopic (exact) mass is 403 g/mol. The third kappa shape index (κ3) is 8.83. The molecular weight excluding hydrogens is 366 g/mol. The van der Waals surface area contributed by atoms with E-state index in [4.69, 9.17) is 0 Å². The van der Waals surface area contributed by atoms with Gasteiger partial charge in [-0.25, -0.2) is 4.79 Å². The molecule has 3 amide bonds. The Balaban J connectivity index is 1.65. The zero-order valence-corrected chi connectivity index (χ0v) is 18.2. The van der Waals surface area contributed by atoms with Gasteiger partial charge >= 0.3 is 6.03 Å². The lowest BCUT2D eigenvalue weighted by Gasteiger charge is -2.33. The predicted octanol–water partition coefficient (Wildman–Crippen LogP) is 2.04. The van der Waals surface area contributed by atoms with E-state index in [1.807, 2.05) is 37.2 Å². The number of amides is 3. The summed E-state index contributed by atoms with van der Waals surface area (Å²) in [6, 6.07) is 7.85. The van der Waals surface area contributed by atoms with Gasteiger partial charge in [-0.1, -0.05) is 18.6 Å². The SMILES string of the molecule is CC1CCCCN1CCCNC(=O)NCc1cccc(C(=O)NCCN(C)C)c1. The van der Waals surface area contributed by atoms with Gasteiger partial charge < -0.3 is 25.8 Å². The Bertz CT molecular complexity index is 650. The minimum absolute atomic E-state index is 0.0925. The van der Waals surface area contributed by atoms with E-state index >= 15 is 0 Å². The van der Waals surface area contributed by atoms with Crippen molar-refractivity contribution in [1.82, 2.24) is 25.8 Å². The fourth-order valence-corrected chi connectivity index (χ4v) is 3.54. The number of carbonyl (C=O) groups excluding carboxylic acids is 2. The van der Waals surface area contributed by atoms with Crippen molar-refractivity contribution < 1.29 is 9.59 Å². The molecule has 0 bridgehead atoms. The maximum absolute atomic E-state index is 12.2. The smallest absolute Gasteiger partial charge is 0.315 e. The second-order valence-corrected chi connectivity index (χ2v) is 8.10. The van der Waals surface area contributed by atoms with Crippen LogP contribution in [-0.2, 0) is 6.54 Å². The third-order valence-electron chi connectivity index (χ3n) is 5.34. The van der Waals surface area contributed by atoms with Crippen LogP contribution in [0.2, 0.25) is 0 Å². The van der Waals surface area contributed by atoms with Gasteiger partial charge in [0.2, 0.25) is 0 Å². The van der Waals surface area contributed by atoms with Gasteiger partial charge in [0.15, 0.2) is 0 Å². The molecule has 1 aromatic carbocycles. The van der Waals surface area contributed by atoms with Crippen molar-refractivity contribution >= 4 is 11.9 Å². The van der Waals surface area contributed by atoms with E-state index in [1.54, 1.807) is 6.07 Å². The van der Waals surface area contributed by atoms with E-state index in [2.05, 4.69) is 27.8 Å². The lowest BCUT2D eigenvalue weighted by Crippen LogP contribution is -2.40. The third-order valence-corrected chi connectivity index (χ3v) is 5.34. The molecule has 7 nitrogen and oxygen atoms in total. The number of hydrogen-bond acceptors (Lipinski definition) is 4. The Morgan fingerprint density at radius 3 is 2.72 bits per heavy atom. The van der Waals surface area contributed by atoms with Gasteiger partial charge in [-0.3, -0.25) is 4.79 Å². The summed E-state index contributed by atoms with van der Waals surface area (Å²) in [5.74, 6) is -0.0925. The molecule has 7 heteroatoms.